The van der Waals surface area contributed by atoms with E-state index in [0.29, 0.717) is 13.1 Å². The number of nitrogens with two attached hydrogens (primary N) is 1. The van der Waals surface area contributed by atoms with Crippen LogP contribution in [0, 0.1) is 5.92 Å². The molecule has 2 N–H and O–H groups in total. The van der Waals surface area contributed by atoms with Gasteiger partial charge in [-0.25, -0.2) is 9.78 Å². The largest absolute Gasteiger partial charge is 0.351 e. The van der Waals surface area contributed by atoms with E-state index in [2.05, 4.69) is 4.98 Å². The van der Waals surface area contributed by atoms with Crippen LogP contribution in [0.25, 0.3) is 10.2 Å². The molecular formula is C17H22N4O2S. The molecule has 2 aromatic rings. The van der Waals surface area contributed by atoms with Crippen molar-refractivity contribution >= 4 is 33.5 Å². The van der Waals surface area contributed by atoms with Gasteiger partial charge in [0.2, 0.25) is 5.91 Å². The molecule has 1 fully saturated rings. The van der Waals surface area contributed by atoms with Gasteiger partial charge in [0.15, 0.2) is 0 Å². The molecule has 0 spiro atoms. The van der Waals surface area contributed by atoms with Gasteiger partial charge in [-0.15, -0.1) is 11.3 Å². The zero-order valence-electron chi connectivity index (χ0n) is 13.9. The molecule has 2 heterocycles. The number of thiazole rings is 1. The van der Waals surface area contributed by atoms with Gasteiger partial charge in [-0.3, -0.25) is 4.79 Å². The van der Waals surface area contributed by atoms with Crippen molar-refractivity contribution < 1.29 is 9.59 Å². The molecule has 1 saturated heterocycles. The number of aromatic nitrogens is 1. The molecule has 0 bridgehead atoms. The van der Waals surface area contributed by atoms with E-state index in [9.17, 15) is 9.59 Å². The molecule has 1 aliphatic heterocycles. The van der Waals surface area contributed by atoms with Crippen molar-refractivity contribution in [1.82, 2.24) is 14.8 Å². The highest BCUT2D eigenvalue weighted by molar-refractivity contribution is 7.18. The Morgan fingerprint density at radius 1 is 1.42 bits per heavy atom. The summed E-state index contributed by atoms with van der Waals surface area (Å²) in [6, 6.07) is 7.43. The Labute approximate surface area is 145 Å². The van der Waals surface area contributed by atoms with Gasteiger partial charge in [-0.2, -0.15) is 0 Å². The standard InChI is InChI=1S/C17H22N4O2S/c1-11(15-19-13-7-3-4-8-14(13)24-15)20(2)16(22)12-6-5-9-21(10-12)17(18)23/h3-4,7-8,11-12H,5-6,9-10H2,1-2H3,(H2,18,23)/t11-,12+/m0/s1. The SMILES string of the molecule is C[C@@H](c1nc2ccccc2s1)N(C)C(=O)[C@@H]1CCCN(C(N)=O)C1. The molecule has 0 radical (unpaired) electrons. The number of likely N-dealkylation sites (tertiary alicyclic amines) is 1. The second kappa shape index (κ2) is 6.76. The van der Waals surface area contributed by atoms with E-state index < -0.39 is 6.03 Å². The number of para-hydroxylation sites is 1. The van der Waals surface area contributed by atoms with Crippen LogP contribution in [0.1, 0.15) is 30.8 Å². The predicted octanol–water partition coefficient (Wildman–Crippen LogP) is 2.61. The van der Waals surface area contributed by atoms with Gasteiger partial charge in [0.1, 0.15) is 5.01 Å². The Kier molecular flexibility index (Phi) is 4.71. The molecule has 24 heavy (non-hydrogen) atoms. The fraction of sp³-hybridized carbons (Fsp3) is 0.471. The Morgan fingerprint density at radius 3 is 2.88 bits per heavy atom. The smallest absolute Gasteiger partial charge is 0.314 e. The first kappa shape index (κ1) is 16.7. The van der Waals surface area contributed by atoms with Crippen LogP contribution in [0.2, 0.25) is 0 Å². The number of fused-ring (bicyclic) bond motifs is 1. The third kappa shape index (κ3) is 3.21. The zero-order valence-corrected chi connectivity index (χ0v) is 14.8. The van der Waals surface area contributed by atoms with Crippen LogP contribution in [0.5, 0.6) is 0 Å². The van der Waals surface area contributed by atoms with Crippen LogP contribution in [-0.4, -0.2) is 46.9 Å². The summed E-state index contributed by atoms with van der Waals surface area (Å²) in [5, 5.41) is 0.926. The third-order valence-corrected chi connectivity index (χ3v) is 5.89. The van der Waals surface area contributed by atoms with Crippen molar-refractivity contribution in [3.05, 3.63) is 29.3 Å². The number of urea groups is 1. The Balaban J connectivity index is 1.73. The van der Waals surface area contributed by atoms with E-state index in [-0.39, 0.29) is 17.9 Å². The van der Waals surface area contributed by atoms with Crippen LogP contribution >= 0.6 is 11.3 Å². The molecule has 128 valence electrons. The first-order chi connectivity index (χ1) is 11.5. The maximum absolute atomic E-state index is 12.8. The highest BCUT2D eigenvalue weighted by Crippen LogP contribution is 2.30. The molecule has 0 saturated carbocycles. The normalized spacial score (nSPS) is 19.2. The topological polar surface area (TPSA) is 79.5 Å². The second-order valence-electron chi connectivity index (χ2n) is 6.27. The number of primary amides is 1. The minimum atomic E-state index is -0.450. The fourth-order valence-corrected chi connectivity index (χ4v) is 4.15. The number of nitrogens with zero attached hydrogens (tertiary/aromatic N) is 3. The lowest BCUT2D eigenvalue weighted by Gasteiger charge is -2.34. The molecule has 3 rings (SSSR count). The molecular weight excluding hydrogens is 324 g/mol. The summed E-state index contributed by atoms with van der Waals surface area (Å²) in [5.74, 6) is -0.138. The van der Waals surface area contributed by atoms with E-state index in [4.69, 9.17) is 5.73 Å². The number of carbonyl (C=O) groups excluding carboxylic acids is 2. The lowest BCUT2D eigenvalue weighted by molar-refractivity contribution is -0.137. The molecule has 1 aliphatic rings. The fourth-order valence-electron chi connectivity index (χ4n) is 3.09. The van der Waals surface area contributed by atoms with Crippen LogP contribution < -0.4 is 5.73 Å². The maximum atomic E-state index is 12.8. The minimum absolute atomic E-state index is 0.0488. The van der Waals surface area contributed by atoms with Gasteiger partial charge in [-0.05, 0) is 31.9 Å². The summed E-state index contributed by atoms with van der Waals surface area (Å²) in [6.45, 7) is 3.03. The molecule has 1 aromatic carbocycles. The monoisotopic (exact) mass is 346 g/mol. The second-order valence-corrected chi connectivity index (χ2v) is 7.33. The molecule has 7 heteroatoms. The maximum Gasteiger partial charge on any atom is 0.314 e. The van der Waals surface area contributed by atoms with E-state index in [0.717, 1.165) is 28.1 Å². The summed E-state index contributed by atoms with van der Waals surface area (Å²) in [5.41, 5.74) is 6.31. The lowest BCUT2D eigenvalue weighted by Crippen LogP contribution is -2.48. The average Bonchev–Trinajstić information content (AvgIpc) is 3.04. The minimum Gasteiger partial charge on any atom is -0.351 e. The number of hydrogen-bond acceptors (Lipinski definition) is 4. The number of hydrogen-bond donors (Lipinski definition) is 1. The summed E-state index contributed by atoms with van der Waals surface area (Å²) in [4.78, 5) is 32.1. The summed E-state index contributed by atoms with van der Waals surface area (Å²) >= 11 is 1.61. The van der Waals surface area contributed by atoms with Crippen LogP contribution in [0.3, 0.4) is 0 Å². The Morgan fingerprint density at radius 2 is 2.17 bits per heavy atom. The van der Waals surface area contributed by atoms with Gasteiger partial charge in [-0.1, -0.05) is 12.1 Å². The van der Waals surface area contributed by atoms with Gasteiger partial charge in [0, 0.05) is 20.1 Å². The summed E-state index contributed by atoms with van der Waals surface area (Å²) < 4.78 is 1.12. The van der Waals surface area contributed by atoms with Crippen molar-refractivity contribution in [2.75, 3.05) is 20.1 Å². The highest BCUT2D eigenvalue weighted by Gasteiger charge is 2.31. The molecule has 0 unspecified atom stereocenters. The molecule has 1 aromatic heterocycles. The average molecular weight is 346 g/mol. The first-order valence-electron chi connectivity index (χ1n) is 8.14. The van der Waals surface area contributed by atoms with Gasteiger partial charge < -0.3 is 15.5 Å². The van der Waals surface area contributed by atoms with Gasteiger partial charge in [0.25, 0.3) is 0 Å². The quantitative estimate of drug-likeness (QED) is 0.928. The van der Waals surface area contributed by atoms with Crippen LogP contribution in [-0.2, 0) is 4.79 Å². The van der Waals surface area contributed by atoms with Crippen molar-refractivity contribution in [3.8, 4) is 0 Å². The van der Waals surface area contributed by atoms with Crippen molar-refractivity contribution in [3.63, 3.8) is 0 Å². The van der Waals surface area contributed by atoms with Crippen molar-refractivity contribution in [2.24, 2.45) is 11.7 Å². The number of amides is 3. The molecule has 6 nitrogen and oxygen atoms in total. The van der Waals surface area contributed by atoms with E-state index in [1.807, 2.05) is 38.2 Å². The van der Waals surface area contributed by atoms with Gasteiger partial charge in [0.05, 0.1) is 22.2 Å². The molecule has 3 amide bonds. The first-order valence-corrected chi connectivity index (χ1v) is 8.95. The zero-order chi connectivity index (χ0) is 17.3. The van der Waals surface area contributed by atoms with Gasteiger partial charge >= 0.3 is 6.03 Å². The molecule has 0 aliphatic carbocycles. The lowest BCUT2D eigenvalue weighted by atomic mass is 9.96. The Hall–Kier alpha value is -2.15. The third-order valence-electron chi connectivity index (χ3n) is 4.68. The van der Waals surface area contributed by atoms with Crippen molar-refractivity contribution in [1.29, 1.82) is 0 Å². The number of carbonyl (C=O) groups is 2. The predicted molar refractivity (Wildman–Crippen MR) is 94.7 cm³/mol. The summed E-state index contributed by atoms with van der Waals surface area (Å²) in [6.07, 6.45) is 1.60. The Bertz CT molecular complexity index is 727. The van der Waals surface area contributed by atoms with Crippen LogP contribution in [0.4, 0.5) is 4.79 Å². The van der Waals surface area contributed by atoms with E-state index in [1.54, 1.807) is 21.1 Å². The van der Waals surface area contributed by atoms with Crippen molar-refractivity contribution in [2.45, 2.75) is 25.8 Å². The van der Waals surface area contributed by atoms with E-state index >= 15 is 0 Å². The number of benzene rings is 1. The highest BCUT2D eigenvalue weighted by atomic mass is 32.1. The molecule has 2 atom stereocenters. The van der Waals surface area contributed by atoms with Crippen LogP contribution in [0.15, 0.2) is 24.3 Å². The summed E-state index contributed by atoms with van der Waals surface area (Å²) in [7, 11) is 1.81. The van der Waals surface area contributed by atoms with E-state index in [1.165, 1.54) is 0 Å². The number of rotatable bonds is 3. The number of piperidine rings is 1.